The fourth-order valence-electron chi connectivity index (χ4n) is 4.67. The number of aromatic nitrogens is 2. The average molecular weight is 382 g/mol. The second-order valence-corrected chi connectivity index (χ2v) is 8.04. The van der Waals surface area contributed by atoms with E-state index in [1.807, 2.05) is 23.7 Å². The van der Waals surface area contributed by atoms with Gasteiger partial charge in [0.1, 0.15) is 0 Å². The summed E-state index contributed by atoms with van der Waals surface area (Å²) in [6.45, 7) is 6.34. The Morgan fingerprint density at radius 1 is 1.29 bits per heavy atom. The Hall–Kier alpha value is -2.67. The summed E-state index contributed by atoms with van der Waals surface area (Å²) in [7, 11) is 0. The van der Waals surface area contributed by atoms with Gasteiger partial charge in [0, 0.05) is 31.7 Å². The fourth-order valence-corrected chi connectivity index (χ4v) is 4.67. The minimum atomic E-state index is -0.873. The van der Waals surface area contributed by atoms with Gasteiger partial charge in [-0.25, -0.2) is 4.68 Å². The van der Waals surface area contributed by atoms with Crippen LogP contribution in [0.25, 0.3) is 5.69 Å². The summed E-state index contributed by atoms with van der Waals surface area (Å²) in [5.41, 5.74) is 3.76. The van der Waals surface area contributed by atoms with E-state index in [0.717, 1.165) is 36.7 Å². The molecule has 0 aliphatic carbocycles. The second-order valence-electron chi connectivity index (χ2n) is 8.04. The first-order valence-corrected chi connectivity index (χ1v) is 9.76. The first-order chi connectivity index (χ1) is 13.4. The van der Waals surface area contributed by atoms with Gasteiger partial charge in [-0.15, -0.1) is 0 Å². The van der Waals surface area contributed by atoms with Gasteiger partial charge in [-0.3, -0.25) is 14.5 Å². The topological polar surface area (TPSA) is 87.5 Å². The van der Waals surface area contributed by atoms with Gasteiger partial charge in [0.25, 0.3) is 0 Å². The third-order valence-corrected chi connectivity index (χ3v) is 6.11. The highest BCUT2D eigenvalue weighted by Gasteiger charge is 2.51. The van der Waals surface area contributed by atoms with Gasteiger partial charge in [-0.2, -0.15) is 5.10 Å². The number of para-hydroxylation sites is 1. The number of aryl methyl sites for hydroxylation is 2. The molecule has 2 aromatic rings. The molecule has 0 radical (unpaired) electrons. The number of carbonyl (C=O) groups is 2. The lowest BCUT2D eigenvalue weighted by molar-refractivity contribution is -0.144. The highest BCUT2D eigenvalue weighted by molar-refractivity contribution is 5.88. The Balaban J connectivity index is 1.50. The van der Waals surface area contributed by atoms with Crippen molar-refractivity contribution in [3.8, 4) is 5.69 Å². The van der Waals surface area contributed by atoms with Crippen molar-refractivity contribution < 1.29 is 14.7 Å². The Morgan fingerprint density at radius 3 is 2.64 bits per heavy atom. The van der Waals surface area contributed by atoms with Crippen LogP contribution in [-0.4, -0.2) is 50.3 Å². The molecular weight excluding hydrogens is 356 g/mol. The maximum Gasteiger partial charge on any atom is 0.309 e. The number of hydrogen-bond acceptors (Lipinski definition) is 4. The third-order valence-electron chi connectivity index (χ3n) is 6.11. The zero-order chi connectivity index (χ0) is 19.9. The van der Waals surface area contributed by atoms with E-state index in [1.165, 1.54) is 5.56 Å². The summed E-state index contributed by atoms with van der Waals surface area (Å²) in [6, 6.07) is 10.3. The lowest BCUT2D eigenvalue weighted by Crippen LogP contribution is -2.55. The van der Waals surface area contributed by atoms with E-state index in [2.05, 4.69) is 40.4 Å². The zero-order valence-corrected chi connectivity index (χ0v) is 16.3. The van der Waals surface area contributed by atoms with Gasteiger partial charge in [-0.1, -0.05) is 18.2 Å². The zero-order valence-electron chi connectivity index (χ0n) is 16.3. The van der Waals surface area contributed by atoms with Crippen molar-refractivity contribution in [3.63, 3.8) is 0 Å². The predicted octanol–water partition coefficient (Wildman–Crippen LogP) is 2.04. The second kappa shape index (κ2) is 7.05. The van der Waals surface area contributed by atoms with E-state index in [0.29, 0.717) is 12.8 Å². The van der Waals surface area contributed by atoms with Crippen molar-refractivity contribution in [2.75, 3.05) is 13.1 Å². The molecule has 0 bridgehead atoms. The lowest BCUT2D eigenvalue weighted by atomic mass is 9.77. The van der Waals surface area contributed by atoms with E-state index in [4.69, 9.17) is 0 Å². The molecule has 1 amide bonds. The Kier molecular flexibility index (Phi) is 4.71. The van der Waals surface area contributed by atoms with Crippen LogP contribution in [0.3, 0.4) is 0 Å². The smallest absolute Gasteiger partial charge is 0.309 e. The molecule has 4 rings (SSSR count). The van der Waals surface area contributed by atoms with Crippen LogP contribution in [0.5, 0.6) is 0 Å². The lowest BCUT2D eigenvalue weighted by Gasteiger charge is -2.41. The van der Waals surface area contributed by atoms with Crippen LogP contribution >= 0.6 is 0 Å². The first-order valence-electron chi connectivity index (χ1n) is 9.76. The molecule has 3 heterocycles. The highest BCUT2D eigenvalue weighted by Crippen LogP contribution is 2.37. The number of amides is 1. The van der Waals surface area contributed by atoms with Crippen molar-refractivity contribution in [1.82, 2.24) is 20.0 Å². The van der Waals surface area contributed by atoms with Crippen LogP contribution in [0, 0.1) is 19.8 Å². The molecule has 2 fully saturated rings. The molecule has 0 unspecified atom stereocenters. The van der Waals surface area contributed by atoms with E-state index in [-0.39, 0.29) is 12.3 Å². The van der Waals surface area contributed by atoms with Gasteiger partial charge in [0.2, 0.25) is 5.91 Å². The van der Waals surface area contributed by atoms with E-state index in [1.54, 1.807) is 0 Å². The van der Waals surface area contributed by atoms with Gasteiger partial charge in [-0.05, 0) is 44.4 Å². The summed E-state index contributed by atoms with van der Waals surface area (Å²) in [5.74, 6) is -1.64. The first kappa shape index (κ1) is 18.7. The SMILES string of the molecule is Cc1cc(C)n(-c2ccccc2CN2CCC3(CC2)NC(=O)C[C@@H]3C(=O)O)n1. The number of aliphatic carboxylic acids is 1. The normalized spacial score (nSPS) is 21.8. The molecular formula is C21H26N4O3. The summed E-state index contributed by atoms with van der Waals surface area (Å²) >= 11 is 0. The predicted molar refractivity (Wildman–Crippen MR) is 104 cm³/mol. The summed E-state index contributed by atoms with van der Waals surface area (Å²) < 4.78 is 1.98. The van der Waals surface area contributed by atoms with Crippen LogP contribution in [0.2, 0.25) is 0 Å². The van der Waals surface area contributed by atoms with Gasteiger partial charge in [0.05, 0.1) is 22.8 Å². The maximum atomic E-state index is 11.8. The number of benzene rings is 1. The molecule has 1 aromatic heterocycles. The molecule has 1 aromatic carbocycles. The minimum Gasteiger partial charge on any atom is -0.481 e. The Labute approximate surface area is 164 Å². The molecule has 2 aliphatic rings. The number of rotatable bonds is 4. The monoisotopic (exact) mass is 382 g/mol. The van der Waals surface area contributed by atoms with Crippen molar-refractivity contribution >= 4 is 11.9 Å². The number of piperidine rings is 1. The van der Waals surface area contributed by atoms with E-state index < -0.39 is 17.4 Å². The molecule has 7 nitrogen and oxygen atoms in total. The Bertz CT molecular complexity index is 912. The number of nitrogens with one attached hydrogen (secondary N) is 1. The van der Waals surface area contributed by atoms with Crippen molar-refractivity contribution in [1.29, 1.82) is 0 Å². The summed E-state index contributed by atoms with van der Waals surface area (Å²) in [6.07, 6.45) is 1.42. The number of carbonyl (C=O) groups excluding carboxylic acids is 1. The Morgan fingerprint density at radius 2 is 2.00 bits per heavy atom. The molecule has 1 spiro atoms. The number of hydrogen-bond donors (Lipinski definition) is 2. The largest absolute Gasteiger partial charge is 0.481 e. The van der Waals surface area contributed by atoms with Crippen molar-refractivity contribution in [2.45, 2.75) is 45.2 Å². The fraction of sp³-hybridized carbons (Fsp3) is 0.476. The number of carboxylic acids is 1. The maximum absolute atomic E-state index is 11.8. The van der Waals surface area contributed by atoms with Crippen LogP contribution in [0.15, 0.2) is 30.3 Å². The quantitative estimate of drug-likeness (QED) is 0.845. The number of carboxylic acid groups (broad SMARTS) is 1. The van der Waals surface area contributed by atoms with Crippen molar-refractivity contribution in [2.24, 2.45) is 5.92 Å². The third kappa shape index (κ3) is 3.30. The van der Waals surface area contributed by atoms with E-state index in [9.17, 15) is 14.7 Å². The molecule has 2 aliphatic heterocycles. The van der Waals surface area contributed by atoms with Gasteiger partial charge < -0.3 is 10.4 Å². The van der Waals surface area contributed by atoms with Crippen molar-refractivity contribution in [3.05, 3.63) is 47.3 Å². The van der Waals surface area contributed by atoms with Crippen LogP contribution < -0.4 is 5.32 Å². The minimum absolute atomic E-state index is 0.0933. The molecule has 7 heteroatoms. The summed E-state index contributed by atoms with van der Waals surface area (Å²) in [4.78, 5) is 25.8. The average Bonchev–Trinajstić information content (AvgIpc) is 3.16. The molecule has 0 saturated carbocycles. The molecule has 2 saturated heterocycles. The molecule has 2 N–H and O–H groups in total. The van der Waals surface area contributed by atoms with E-state index >= 15 is 0 Å². The van der Waals surface area contributed by atoms with Crippen LogP contribution in [0.4, 0.5) is 0 Å². The summed E-state index contributed by atoms with van der Waals surface area (Å²) in [5, 5.41) is 17.1. The number of likely N-dealkylation sites (tertiary alicyclic amines) is 1. The van der Waals surface area contributed by atoms with Crippen LogP contribution in [0.1, 0.15) is 36.2 Å². The highest BCUT2D eigenvalue weighted by atomic mass is 16.4. The molecule has 1 atom stereocenters. The molecule has 28 heavy (non-hydrogen) atoms. The van der Waals surface area contributed by atoms with Gasteiger partial charge >= 0.3 is 5.97 Å². The standard InChI is InChI=1S/C21H26N4O3/c1-14-11-15(2)25(23-14)18-6-4-3-5-16(18)13-24-9-7-21(8-10-24)17(20(27)28)12-19(26)22-21/h3-6,11,17H,7-10,12-13H2,1-2H3,(H,22,26)(H,27,28)/t17-/m1/s1. The van der Waals surface area contributed by atoms with Gasteiger partial charge in [0.15, 0.2) is 0 Å². The number of nitrogens with zero attached hydrogens (tertiary/aromatic N) is 3. The molecule has 148 valence electrons. The van der Waals surface area contributed by atoms with Crippen LogP contribution in [-0.2, 0) is 16.1 Å².